The highest BCUT2D eigenvalue weighted by molar-refractivity contribution is 7.70. The van der Waals surface area contributed by atoms with Gasteiger partial charge in [-0.25, -0.2) is 0 Å². The van der Waals surface area contributed by atoms with E-state index < -0.39 is 13.1 Å². The van der Waals surface area contributed by atoms with Crippen LogP contribution in [0.2, 0.25) is 0 Å². The highest BCUT2D eigenvalue weighted by atomic mass is 31.2. The summed E-state index contributed by atoms with van der Waals surface area (Å²) in [5.74, 6) is -0.106. The Bertz CT molecular complexity index is 765. The Morgan fingerprint density at radius 1 is 1.12 bits per heavy atom. The summed E-state index contributed by atoms with van der Waals surface area (Å²) >= 11 is 0. The minimum atomic E-state index is -2.54. The van der Waals surface area contributed by atoms with Crippen LogP contribution in [0.1, 0.15) is 11.1 Å². The van der Waals surface area contributed by atoms with E-state index in [1.165, 1.54) is 0 Å². The third-order valence-corrected chi connectivity index (χ3v) is 5.17. The van der Waals surface area contributed by atoms with Gasteiger partial charge in [0.2, 0.25) is 0 Å². The molecular weight excluding hydrogens is 325 g/mol. The fraction of sp³-hybridized carbons (Fsp3) is 0.278. The Morgan fingerprint density at radius 3 is 2.29 bits per heavy atom. The largest absolute Gasteiger partial charge is 0.497 e. The number of methoxy groups -OCH3 is 1. The molecule has 0 amide bonds. The summed E-state index contributed by atoms with van der Waals surface area (Å²) in [5, 5.41) is 12.9. The van der Waals surface area contributed by atoms with Crippen LogP contribution in [0.5, 0.6) is 5.75 Å². The molecule has 2 aromatic rings. The molecule has 0 radical (unpaired) electrons. The van der Waals surface area contributed by atoms with Crippen LogP contribution in [0.3, 0.4) is 0 Å². The van der Waals surface area contributed by atoms with Crippen molar-refractivity contribution >= 4 is 24.1 Å². The predicted molar refractivity (Wildman–Crippen MR) is 97.2 cm³/mol. The molecule has 0 spiro atoms. The second kappa shape index (κ2) is 7.54. The van der Waals surface area contributed by atoms with Crippen molar-refractivity contribution in [1.29, 1.82) is 0 Å². The van der Waals surface area contributed by atoms with Crippen molar-refractivity contribution in [3.63, 3.8) is 0 Å². The number of nitrogens with one attached hydrogen (secondary N) is 1. The highest BCUT2D eigenvalue weighted by Gasteiger charge is 2.17. The quantitative estimate of drug-likeness (QED) is 0.753. The fourth-order valence-electron chi connectivity index (χ4n) is 2.40. The van der Waals surface area contributed by atoms with E-state index in [2.05, 4.69) is 5.32 Å². The lowest BCUT2D eigenvalue weighted by Crippen LogP contribution is -2.14. The van der Waals surface area contributed by atoms with Gasteiger partial charge in [0.05, 0.1) is 13.5 Å². The molecule has 0 unspecified atom stereocenters. The summed E-state index contributed by atoms with van der Waals surface area (Å²) in [6.07, 6.45) is -0.0776. The third kappa shape index (κ3) is 4.87. The average molecular weight is 347 g/mol. The maximum absolute atomic E-state index is 12.6. The van der Waals surface area contributed by atoms with E-state index in [9.17, 15) is 9.36 Å². The van der Waals surface area contributed by atoms with Crippen LogP contribution < -0.4 is 15.4 Å². The van der Waals surface area contributed by atoms with Crippen LogP contribution in [-0.2, 0) is 22.3 Å². The van der Waals surface area contributed by atoms with E-state index in [0.29, 0.717) is 17.4 Å². The predicted octanol–water partition coefficient (Wildman–Crippen LogP) is 3.18. The van der Waals surface area contributed by atoms with Crippen LogP contribution in [0.4, 0.5) is 5.69 Å². The standard InChI is InChI=1S/C18H22NO4P/c1-23-15-7-4-13(5-8-15)12-19-16-9-6-14(11-18(20)21)10-17(16)24(2,3)22/h4-10,19H,11-12H2,1-3H3,(H,20,21). The van der Waals surface area contributed by atoms with Crippen molar-refractivity contribution in [2.45, 2.75) is 13.0 Å². The molecule has 0 saturated heterocycles. The average Bonchev–Trinajstić information content (AvgIpc) is 2.52. The van der Waals surface area contributed by atoms with Crippen molar-refractivity contribution in [1.82, 2.24) is 0 Å². The minimum Gasteiger partial charge on any atom is -0.497 e. The molecule has 2 aromatic carbocycles. The lowest BCUT2D eigenvalue weighted by Gasteiger charge is -2.17. The molecule has 0 aliphatic heterocycles. The van der Waals surface area contributed by atoms with Crippen LogP contribution in [-0.4, -0.2) is 31.5 Å². The first kappa shape index (κ1) is 18.1. The Labute approximate surface area is 142 Å². The van der Waals surface area contributed by atoms with E-state index in [1.807, 2.05) is 24.3 Å². The molecule has 0 aliphatic rings. The first-order valence-corrected chi connectivity index (χ1v) is 10.2. The second-order valence-electron chi connectivity index (χ2n) is 5.97. The Morgan fingerprint density at radius 2 is 1.75 bits per heavy atom. The summed E-state index contributed by atoms with van der Waals surface area (Å²) < 4.78 is 17.7. The molecule has 0 atom stereocenters. The number of hydrogen-bond donors (Lipinski definition) is 2. The summed E-state index contributed by atoms with van der Waals surface area (Å²) in [5.41, 5.74) is 2.49. The number of rotatable bonds is 7. The maximum atomic E-state index is 12.6. The van der Waals surface area contributed by atoms with Gasteiger partial charge in [-0.15, -0.1) is 0 Å². The zero-order valence-electron chi connectivity index (χ0n) is 14.1. The van der Waals surface area contributed by atoms with E-state index in [0.717, 1.165) is 17.0 Å². The van der Waals surface area contributed by atoms with Crippen LogP contribution in [0.15, 0.2) is 42.5 Å². The lowest BCUT2D eigenvalue weighted by molar-refractivity contribution is -0.136. The number of carbonyl (C=O) groups is 1. The zero-order valence-corrected chi connectivity index (χ0v) is 15.0. The third-order valence-electron chi connectivity index (χ3n) is 3.64. The Hall–Kier alpha value is -2.26. The molecule has 5 nitrogen and oxygen atoms in total. The number of hydrogen-bond acceptors (Lipinski definition) is 4. The molecule has 0 saturated carbocycles. The molecular formula is C18H22NO4P. The first-order chi connectivity index (χ1) is 11.3. The number of anilines is 1. The van der Waals surface area contributed by atoms with E-state index in [4.69, 9.17) is 9.84 Å². The molecule has 128 valence electrons. The normalized spacial score (nSPS) is 11.1. The number of aliphatic carboxylic acids is 1. The monoisotopic (exact) mass is 347 g/mol. The van der Waals surface area contributed by atoms with Gasteiger partial charge in [0.25, 0.3) is 0 Å². The molecule has 0 aromatic heterocycles. The SMILES string of the molecule is COc1ccc(CNc2ccc(CC(=O)O)cc2P(C)(C)=O)cc1. The molecule has 0 bridgehead atoms. The number of carboxylic acid groups (broad SMARTS) is 1. The van der Waals surface area contributed by atoms with Gasteiger partial charge in [-0.3, -0.25) is 4.79 Å². The Kier molecular flexibility index (Phi) is 5.68. The molecule has 0 heterocycles. The zero-order chi connectivity index (χ0) is 17.7. The molecule has 0 aliphatic carbocycles. The topological polar surface area (TPSA) is 75.6 Å². The van der Waals surface area contributed by atoms with Crippen molar-refractivity contribution in [3.8, 4) is 5.75 Å². The molecule has 2 rings (SSSR count). The maximum Gasteiger partial charge on any atom is 0.307 e. The summed E-state index contributed by atoms with van der Waals surface area (Å²) in [4.78, 5) is 10.9. The van der Waals surface area contributed by atoms with Crippen LogP contribution in [0.25, 0.3) is 0 Å². The van der Waals surface area contributed by atoms with E-state index >= 15 is 0 Å². The smallest absolute Gasteiger partial charge is 0.307 e. The van der Waals surface area contributed by atoms with Gasteiger partial charge in [-0.2, -0.15) is 0 Å². The van der Waals surface area contributed by atoms with Gasteiger partial charge < -0.3 is 19.7 Å². The van der Waals surface area contributed by atoms with Crippen molar-refractivity contribution in [2.24, 2.45) is 0 Å². The van der Waals surface area contributed by atoms with E-state index in [-0.39, 0.29) is 6.42 Å². The molecule has 6 heteroatoms. The Balaban J connectivity index is 2.21. The van der Waals surface area contributed by atoms with Gasteiger partial charge in [0.1, 0.15) is 12.9 Å². The summed E-state index contributed by atoms with van der Waals surface area (Å²) in [6, 6.07) is 13.0. The fourth-order valence-corrected chi connectivity index (χ4v) is 3.61. The van der Waals surface area contributed by atoms with Gasteiger partial charge in [0, 0.05) is 17.5 Å². The summed E-state index contributed by atoms with van der Waals surface area (Å²) in [7, 11) is -0.912. The van der Waals surface area contributed by atoms with E-state index in [1.54, 1.807) is 38.6 Å². The second-order valence-corrected chi connectivity index (χ2v) is 9.16. The first-order valence-electron chi connectivity index (χ1n) is 7.56. The molecule has 24 heavy (non-hydrogen) atoms. The van der Waals surface area contributed by atoms with Crippen LogP contribution >= 0.6 is 7.14 Å². The molecule has 2 N–H and O–H groups in total. The van der Waals surface area contributed by atoms with Crippen molar-refractivity contribution in [3.05, 3.63) is 53.6 Å². The van der Waals surface area contributed by atoms with Gasteiger partial charge in [0.15, 0.2) is 0 Å². The number of benzene rings is 2. The van der Waals surface area contributed by atoms with Crippen LogP contribution in [0, 0.1) is 0 Å². The number of carboxylic acids is 1. The highest BCUT2D eigenvalue weighted by Crippen LogP contribution is 2.38. The van der Waals surface area contributed by atoms with Gasteiger partial charge in [-0.1, -0.05) is 18.2 Å². The lowest BCUT2D eigenvalue weighted by atomic mass is 10.1. The van der Waals surface area contributed by atoms with Crippen molar-refractivity contribution in [2.75, 3.05) is 25.8 Å². The summed E-state index contributed by atoms with van der Waals surface area (Å²) in [6.45, 7) is 3.95. The van der Waals surface area contributed by atoms with Crippen molar-refractivity contribution < 1.29 is 19.2 Å². The van der Waals surface area contributed by atoms with Gasteiger partial charge >= 0.3 is 5.97 Å². The minimum absolute atomic E-state index is 0.0776. The van der Waals surface area contributed by atoms with Gasteiger partial charge in [-0.05, 0) is 48.7 Å². The molecule has 0 fully saturated rings. The number of ether oxygens (including phenoxy) is 1.